The second-order valence-electron chi connectivity index (χ2n) is 8.72. The zero-order valence-corrected chi connectivity index (χ0v) is 22.8. The molecule has 0 bridgehead atoms. The van der Waals surface area contributed by atoms with Crippen LogP contribution in [0.15, 0.2) is 53.0 Å². The van der Waals surface area contributed by atoms with Gasteiger partial charge in [0.25, 0.3) is 0 Å². The van der Waals surface area contributed by atoms with E-state index in [0.717, 1.165) is 26.2 Å². The third-order valence-electron chi connectivity index (χ3n) is 5.41. The van der Waals surface area contributed by atoms with Crippen molar-refractivity contribution in [2.24, 2.45) is 5.92 Å². The first-order valence-corrected chi connectivity index (χ1v) is 13.9. The minimum Gasteiger partial charge on any atom is -0.354 e. The van der Waals surface area contributed by atoms with Gasteiger partial charge in [0.2, 0.25) is 21.8 Å². The second kappa shape index (κ2) is 12.4. The van der Waals surface area contributed by atoms with Crippen LogP contribution in [-0.2, 0) is 32.6 Å². The number of carbonyl (C=O) groups excluding carboxylic acids is 2. The number of amides is 2. The van der Waals surface area contributed by atoms with E-state index < -0.39 is 28.5 Å². The first-order valence-electron chi connectivity index (χ1n) is 11.3. The van der Waals surface area contributed by atoms with Crippen molar-refractivity contribution in [1.82, 2.24) is 10.2 Å². The Morgan fingerprint density at radius 3 is 2.32 bits per heavy atom. The molecule has 9 heteroatoms. The summed E-state index contributed by atoms with van der Waals surface area (Å²) in [7, 11) is -3.75. The number of anilines is 1. The van der Waals surface area contributed by atoms with E-state index in [1.165, 1.54) is 4.90 Å². The molecule has 0 fully saturated rings. The van der Waals surface area contributed by atoms with E-state index in [1.54, 1.807) is 19.1 Å². The maximum Gasteiger partial charge on any atom is 0.244 e. The predicted octanol–water partition coefficient (Wildman–Crippen LogP) is 3.97. The highest BCUT2D eigenvalue weighted by atomic mass is 79.9. The molecule has 2 amide bonds. The molecule has 2 aromatic rings. The number of nitrogens with zero attached hydrogens (tertiary/aromatic N) is 2. The summed E-state index contributed by atoms with van der Waals surface area (Å²) in [4.78, 5) is 27.9. The van der Waals surface area contributed by atoms with Gasteiger partial charge in [-0.1, -0.05) is 67.0 Å². The molecule has 1 unspecified atom stereocenters. The van der Waals surface area contributed by atoms with Crippen LogP contribution in [0, 0.1) is 5.92 Å². The highest BCUT2D eigenvalue weighted by Crippen LogP contribution is 2.24. The molecule has 0 aromatic heterocycles. The zero-order chi connectivity index (χ0) is 25.5. The average molecular weight is 553 g/mol. The van der Waals surface area contributed by atoms with Crippen LogP contribution in [0.2, 0.25) is 0 Å². The van der Waals surface area contributed by atoms with E-state index in [2.05, 4.69) is 21.2 Å². The third kappa shape index (κ3) is 7.84. The molecule has 0 aliphatic heterocycles. The minimum atomic E-state index is -3.75. The Labute approximate surface area is 211 Å². The molecule has 0 spiro atoms. The number of para-hydroxylation sites is 1. The summed E-state index contributed by atoms with van der Waals surface area (Å²) >= 11 is 3.44. The topological polar surface area (TPSA) is 86.8 Å². The van der Waals surface area contributed by atoms with Gasteiger partial charge in [0.15, 0.2) is 0 Å². The van der Waals surface area contributed by atoms with Gasteiger partial charge in [-0.25, -0.2) is 8.42 Å². The quantitative estimate of drug-likeness (QED) is 0.457. The van der Waals surface area contributed by atoms with Gasteiger partial charge in [0, 0.05) is 17.6 Å². The third-order valence-corrected chi connectivity index (χ3v) is 7.03. The molecule has 0 aliphatic rings. The Morgan fingerprint density at radius 1 is 1.06 bits per heavy atom. The van der Waals surface area contributed by atoms with Gasteiger partial charge in [-0.15, -0.1) is 0 Å². The molecule has 7 nitrogen and oxygen atoms in total. The molecular formula is C25H34BrN3O4S. The summed E-state index contributed by atoms with van der Waals surface area (Å²) < 4.78 is 27.4. The van der Waals surface area contributed by atoms with Crippen molar-refractivity contribution >= 4 is 43.5 Å². The lowest BCUT2D eigenvalue weighted by Crippen LogP contribution is -2.51. The molecule has 0 aliphatic carbocycles. The van der Waals surface area contributed by atoms with Crippen LogP contribution in [-0.4, -0.2) is 50.5 Å². The number of rotatable bonds is 11. The maximum atomic E-state index is 13.6. The number of carbonyl (C=O) groups is 2. The summed E-state index contributed by atoms with van der Waals surface area (Å²) in [6, 6.07) is 13.8. The predicted molar refractivity (Wildman–Crippen MR) is 140 cm³/mol. The number of hydrogen-bond donors (Lipinski definition) is 1. The molecule has 1 atom stereocenters. The Bertz CT molecular complexity index is 1100. The van der Waals surface area contributed by atoms with Gasteiger partial charge in [0.1, 0.15) is 12.6 Å². The zero-order valence-electron chi connectivity index (χ0n) is 20.4. The second-order valence-corrected chi connectivity index (χ2v) is 11.5. The lowest BCUT2D eigenvalue weighted by Gasteiger charge is -2.32. The molecule has 186 valence electrons. The SMILES string of the molecule is CCc1ccccc1N(CC(=O)N(Cc1cccc(Br)c1)C(C)C(=O)NCC(C)C)S(C)(=O)=O. The van der Waals surface area contributed by atoms with Gasteiger partial charge >= 0.3 is 0 Å². The fourth-order valence-corrected chi connectivity index (χ4v) is 4.84. The summed E-state index contributed by atoms with van der Waals surface area (Å²) in [6.07, 6.45) is 1.70. The molecule has 0 heterocycles. The molecule has 2 aromatic carbocycles. The van der Waals surface area contributed by atoms with Crippen molar-refractivity contribution in [2.75, 3.05) is 23.7 Å². The fourth-order valence-electron chi connectivity index (χ4n) is 3.51. The van der Waals surface area contributed by atoms with Crippen molar-refractivity contribution in [3.8, 4) is 0 Å². The van der Waals surface area contributed by atoms with Gasteiger partial charge in [0.05, 0.1) is 11.9 Å². The number of halogens is 1. The largest absolute Gasteiger partial charge is 0.354 e. The smallest absolute Gasteiger partial charge is 0.244 e. The molecule has 1 N–H and O–H groups in total. The van der Waals surface area contributed by atoms with Crippen LogP contribution in [0.4, 0.5) is 5.69 Å². The average Bonchev–Trinajstić information content (AvgIpc) is 2.78. The van der Waals surface area contributed by atoms with Crippen molar-refractivity contribution in [3.05, 3.63) is 64.1 Å². The molecule has 0 saturated carbocycles. The van der Waals surface area contributed by atoms with E-state index in [9.17, 15) is 18.0 Å². The lowest BCUT2D eigenvalue weighted by atomic mass is 10.1. The maximum absolute atomic E-state index is 13.6. The summed E-state index contributed by atoms with van der Waals surface area (Å²) in [5, 5.41) is 2.87. The highest BCUT2D eigenvalue weighted by molar-refractivity contribution is 9.10. The van der Waals surface area contributed by atoms with E-state index >= 15 is 0 Å². The van der Waals surface area contributed by atoms with Crippen LogP contribution in [0.3, 0.4) is 0 Å². The van der Waals surface area contributed by atoms with E-state index in [1.807, 2.05) is 57.2 Å². The normalized spacial score (nSPS) is 12.3. The van der Waals surface area contributed by atoms with E-state index in [4.69, 9.17) is 0 Å². The lowest BCUT2D eigenvalue weighted by molar-refractivity contribution is -0.139. The van der Waals surface area contributed by atoms with Crippen LogP contribution in [0.5, 0.6) is 0 Å². The number of aryl methyl sites for hydroxylation is 1. The van der Waals surface area contributed by atoms with Crippen molar-refractivity contribution in [2.45, 2.75) is 46.7 Å². The monoisotopic (exact) mass is 551 g/mol. The Hall–Kier alpha value is -2.39. The minimum absolute atomic E-state index is 0.168. The van der Waals surface area contributed by atoms with E-state index in [0.29, 0.717) is 18.7 Å². The van der Waals surface area contributed by atoms with Gasteiger partial charge in [-0.3, -0.25) is 13.9 Å². The fraction of sp³-hybridized carbons (Fsp3) is 0.440. The van der Waals surface area contributed by atoms with Crippen molar-refractivity contribution < 1.29 is 18.0 Å². The number of benzene rings is 2. The molecule has 34 heavy (non-hydrogen) atoms. The van der Waals surface area contributed by atoms with Crippen LogP contribution in [0.1, 0.15) is 38.8 Å². The number of sulfonamides is 1. The van der Waals surface area contributed by atoms with Gasteiger partial charge < -0.3 is 10.2 Å². The Balaban J connectivity index is 2.40. The molecular weight excluding hydrogens is 518 g/mol. The standard InChI is InChI=1S/C25H34BrN3O4S/c1-6-21-11-7-8-13-23(21)29(34(5,32)33)17-24(30)28(16-20-10-9-12-22(26)14-20)19(4)25(31)27-15-18(2)3/h7-14,18-19H,6,15-17H2,1-5H3,(H,27,31). The van der Waals surface area contributed by atoms with Crippen LogP contribution >= 0.6 is 15.9 Å². The number of nitrogens with one attached hydrogen (secondary N) is 1. The van der Waals surface area contributed by atoms with Crippen molar-refractivity contribution in [1.29, 1.82) is 0 Å². The van der Waals surface area contributed by atoms with Crippen LogP contribution in [0.25, 0.3) is 0 Å². The van der Waals surface area contributed by atoms with Crippen molar-refractivity contribution in [3.63, 3.8) is 0 Å². The first kappa shape index (κ1) is 27.9. The van der Waals surface area contributed by atoms with Gasteiger partial charge in [-0.2, -0.15) is 0 Å². The summed E-state index contributed by atoms with van der Waals surface area (Å²) in [5.74, 6) is -0.475. The molecule has 0 radical (unpaired) electrons. The Morgan fingerprint density at radius 2 is 1.74 bits per heavy atom. The molecule has 0 saturated heterocycles. The van der Waals surface area contributed by atoms with Gasteiger partial charge in [-0.05, 0) is 48.6 Å². The number of hydrogen-bond acceptors (Lipinski definition) is 4. The summed E-state index contributed by atoms with van der Waals surface area (Å²) in [6.45, 7) is 7.84. The van der Waals surface area contributed by atoms with Crippen LogP contribution < -0.4 is 9.62 Å². The van der Waals surface area contributed by atoms with E-state index in [-0.39, 0.29) is 18.4 Å². The highest BCUT2D eigenvalue weighted by Gasteiger charge is 2.30. The first-order chi connectivity index (χ1) is 15.9. The summed E-state index contributed by atoms with van der Waals surface area (Å²) in [5.41, 5.74) is 2.12. The Kier molecular flexibility index (Phi) is 10.1. The molecule has 2 rings (SSSR count).